The molecule has 1 N–H and O–H groups in total. The first-order chi connectivity index (χ1) is 11.5. The second-order valence-electron chi connectivity index (χ2n) is 5.76. The number of β-amino-alcohol motifs (C(OH)–C–C–N with tert-alkyl or cyclic N) is 1. The number of ether oxygens (including phenoxy) is 1. The van der Waals surface area contributed by atoms with Gasteiger partial charge < -0.3 is 14.7 Å². The molecule has 0 aromatic heterocycles. The molecule has 4 nitrogen and oxygen atoms in total. The zero-order valence-electron chi connectivity index (χ0n) is 13.1. The monoisotopic (exact) mass is 333 g/mol. The summed E-state index contributed by atoms with van der Waals surface area (Å²) in [5, 5.41) is 9.95. The highest BCUT2D eigenvalue weighted by molar-refractivity contribution is 5.95. The maximum Gasteiger partial charge on any atom is 0.257 e. The SMILES string of the molecule is COc1ccc(C(=O)N2C[C@H](O)C[C@@H]2c2ccc(F)cc2)c(F)c1. The van der Waals surface area contributed by atoms with Crippen LogP contribution in [0, 0.1) is 11.6 Å². The summed E-state index contributed by atoms with van der Waals surface area (Å²) >= 11 is 0. The summed E-state index contributed by atoms with van der Waals surface area (Å²) in [6.45, 7) is 0.104. The van der Waals surface area contributed by atoms with Gasteiger partial charge in [0.15, 0.2) is 0 Å². The molecule has 0 saturated carbocycles. The first kappa shape index (κ1) is 16.4. The van der Waals surface area contributed by atoms with Crippen molar-refractivity contribution in [3.05, 3.63) is 65.2 Å². The van der Waals surface area contributed by atoms with E-state index in [9.17, 15) is 18.7 Å². The average molecular weight is 333 g/mol. The Hall–Kier alpha value is -2.47. The molecule has 1 heterocycles. The van der Waals surface area contributed by atoms with Crippen molar-refractivity contribution in [3.63, 3.8) is 0 Å². The number of hydrogen-bond acceptors (Lipinski definition) is 3. The number of benzene rings is 2. The van der Waals surface area contributed by atoms with Crippen LogP contribution >= 0.6 is 0 Å². The molecular weight excluding hydrogens is 316 g/mol. The molecule has 2 aromatic rings. The van der Waals surface area contributed by atoms with Crippen LogP contribution in [-0.4, -0.2) is 35.7 Å². The van der Waals surface area contributed by atoms with Crippen LogP contribution in [0.5, 0.6) is 5.75 Å². The molecule has 1 saturated heterocycles. The lowest BCUT2D eigenvalue weighted by molar-refractivity contribution is 0.0711. The molecule has 3 rings (SSSR count). The van der Waals surface area contributed by atoms with Crippen LogP contribution in [-0.2, 0) is 0 Å². The predicted molar refractivity (Wildman–Crippen MR) is 83.8 cm³/mol. The molecule has 1 amide bonds. The van der Waals surface area contributed by atoms with Gasteiger partial charge in [-0.3, -0.25) is 4.79 Å². The largest absolute Gasteiger partial charge is 0.497 e. The Morgan fingerprint density at radius 2 is 1.92 bits per heavy atom. The third-order valence-corrected chi connectivity index (χ3v) is 4.20. The molecule has 24 heavy (non-hydrogen) atoms. The number of carbonyl (C=O) groups excluding carboxylic acids is 1. The van der Waals surface area contributed by atoms with Crippen molar-refractivity contribution in [2.45, 2.75) is 18.6 Å². The molecule has 0 unspecified atom stereocenters. The highest BCUT2D eigenvalue weighted by Crippen LogP contribution is 2.34. The summed E-state index contributed by atoms with van der Waals surface area (Å²) in [6.07, 6.45) is -0.375. The number of likely N-dealkylation sites (tertiary alicyclic amines) is 1. The molecule has 1 aliphatic heterocycles. The van der Waals surface area contributed by atoms with E-state index in [-0.39, 0.29) is 17.9 Å². The van der Waals surface area contributed by atoms with Crippen molar-refractivity contribution in [3.8, 4) is 5.75 Å². The number of carbonyl (C=O) groups is 1. The number of aliphatic hydroxyl groups is 1. The average Bonchev–Trinajstić information content (AvgIpc) is 2.96. The minimum Gasteiger partial charge on any atom is -0.497 e. The minimum absolute atomic E-state index is 0.0861. The Bertz CT molecular complexity index is 748. The summed E-state index contributed by atoms with van der Waals surface area (Å²) in [5.41, 5.74) is 0.618. The van der Waals surface area contributed by atoms with Crippen LogP contribution in [0.25, 0.3) is 0 Å². The summed E-state index contributed by atoms with van der Waals surface area (Å²) in [6, 6.07) is 9.35. The van der Waals surface area contributed by atoms with E-state index in [1.54, 1.807) is 12.1 Å². The lowest BCUT2D eigenvalue weighted by Gasteiger charge is -2.25. The Balaban J connectivity index is 1.91. The van der Waals surface area contributed by atoms with Gasteiger partial charge in [0.1, 0.15) is 17.4 Å². The van der Waals surface area contributed by atoms with Crippen LogP contribution in [0.2, 0.25) is 0 Å². The molecule has 6 heteroatoms. The van der Waals surface area contributed by atoms with E-state index in [1.807, 2.05) is 0 Å². The van der Waals surface area contributed by atoms with Crippen LogP contribution in [0.1, 0.15) is 28.4 Å². The van der Waals surface area contributed by atoms with Gasteiger partial charge in [0.25, 0.3) is 5.91 Å². The molecule has 126 valence electrons. The molecule has 0 bridgehead atoms. The quantitative estimate of drug-likeness (QED) is 0.940. The molecule has 2 atom stereocenters. The van der Waals surface area contributed by atoms with E-state index in [1.165, 1.54) is 36.3 Å². The summed E-state index contributed by atoms with van der Waals surface area (Å²) in [4.78, 5) is 14.1. The van der Waals surface area contributed by atoms with Crippen molar-refractivity contribution in [2.75, 3.05) is 13.7 Å². The third-order valence-electron chi connectivity index (χ3n) is 4.20. The maximum absolute atomic E-state index is 14.2. The number of nitrogens with zero attached hydrogens (tertiary/aromatic N) is 1. The summed E-state index contributed by atoms with van der Waals surface area (Å²) in [7, 11) is 1.41. The van der Waals surface area contributed by atoms with Crippen LogP contribution < -0.4 is 4.74 Å². The zero-order valence-corrected chi connectivity index (χ0v) is 13.1. The minimum atomic E-state index is -0.703. The molecule has 0 aliphatic carbocycles. The van der Waals surface area contributed by atoms with Crippen molar-refractivity contribution in [1.29, 1.82) is 0 Å². The van der Waals surface area contributed by atoms with E-state index in [0.717, 1.165) is 6.07 Å². The van der Waals surface area contributed by atoms with E-state index in [0.29, 0.717) is 17.7 Å². The van der Waals surface area contributed by atoms with Crippen LogP contribution in [0.4, 0.5) is 8.78 Å². The van der Waals surface area contributed by atoms with Gasteiger partial charge in [-0.25, -0.2) is 8.78 Å². The topological polar surface area (TPSA) is 49.8 Å². The molecule has 0 radical (unpaired) electrons. The highest BCUT2D eigenvalue weighted by Gasteiger charge is 2.36. The van der Waals surface area contributed by atoms with Gasteiger partial charge in [0, 0.05) is 12.6 Å². The van der Waals surface area contributed by atoms with Crippen molar-refractivity contribution in [2.24, 2.45) is 0 Å². The molecular formula is C18H17F2NO3. The standard InChI is InChI=1S/C18H17F2NO3/c1-24-14-6-7-15(16(20)9-14)18(23)21-10-13(22)8-17(21)11-2-4-12(19)5-3-11/h2-7,9,13,17,22H,8,10H2,1H3/t13-,17-/m1/s1. The molecule has 1 aliphatic rings. The number of methoxy groups -OCH3 is 1. The third kappa shape index (κ3) is 3.10. The van der Waals surface area contributed by atoms with Gasteiger partial charge in [-0.05, 0) is 36.2 Å². The lowest BCUT2D eigenvalue weighted by atomic mass is 10.0. The van der Waals surface area contributed by atoms with E-state index in [4.69, 9.17) is 4.74 Å². The molecule has 1 fully saturated rings. The van der Waals surface area contributed by atoms with Gasteiger partial charge in [0.05, 0.1) is 24.8 Å². The highest BCUT2D eigenvalue weighted by atomic mass is 19.1. The van der Waals surface area contributed by atoms with Crippen molar-refractivity contribution >= 4 is 5.91 Å². The summed E-state index contributed by atoms with van der Waals surface area (Å²) < 4.78 is 32.2. The van der Waals surface area contributed by atoms with E-state index >= 15 is 0 Å². The van der Waals surface area contributed by atoms with Gasteiger partial charge >= 0.3 is 0 Å². The van der Waals surface area contributed by atoms with Gasteiger partial charge in [-0.15, -0.1) is 0 Å². The Kier molecular flexibility index (Phi) is 4.49. The van der Waals surface area contributed by atoms with Gasteiger partial charge in [-0.1, -0.05) is 12.1 Å². The van der Waals surface area contributed by atoms with Gasteiger partial charge in [0.2, 0.25) is 0 Å². The fraction of sp³-hybridized carbons (Fsp3) is 0.278. The predicted octanol–water partition coefficient (Wildman–Crippen LogP) is 2.92. The fourth-order valence-corrected chi connectivity index (χ4v) is 2.99. The zero-order chi connectivity index (χ0) is 17.3. The number of rotatable bonds is 3. The first-order valence-corrected chi connectivity index (χ1v) is 7.57. The van der Waals surface area contributed by atoms with Gasteiger partial charge in [-0.2, -0.15) is 0 Å². The van der Waals surface area contributed by atoms with Crippen molar-refractivity contribution in [1.82, 2.24) is 4.90 Å². The second-order valence-corrected chi connectivity index (χ2v) is 5.76. The smallest absolute Gasteiger partial charge is 0.257 e. The Morgan fingerprint density at radius 3 is 2.54 bits per heavy atom. The molecule has 2 aromatic carbocycles. The van der Waals surface area contributed by atoms with Crippen LogP contribution in [0.15, 0.2) is 42.5 Å². The lowest BCUT2D eigenvalue weighted by Crippen LogP contribution is -2.32. The Labute approximate surface area is 138 Å². The number of amides is 1. The number of halogens is 2. The van der Waals surface area contributed by atoms with E-state index < -0.39 is 23.9 Å². The Morgan fingerprint density at radius 1 is 1.21 bits per heavy atom. The fourth-order valence-electron chi connectivity index (χ4n) is 2.99. The van der Waals surface area contributed by atoms with Crippen LogP contribution in [0.3, 0.4) is 0 Å². The number of hydrogen-bond donors (Lipinski definition) is 1. The van der Waals surface area contributed by atoms with E-state index in [2.05, 4.69) is 0 Å². The van der Waals surface area contributed by atoms with Crippen molar-refractivity contribution < 1.29 is 23.4 Å². The summed E-state index contributed by atoms with van der Waals surface area (Å²) in [5.74, 6) is -1.25. The molecule has 0 spiro atoms. The second kappa shape index (κ2) is 6.57. The number of aliphatic hydroxyl groups excluding tert-OH is 1. The maximum atomic E-state index is 14.2. The normalized spacial score (nSPS) is 20.2. The first-order valence-electron chi connectivity index (χ1n) is 7.57.